The number of hydrogen-bond donors (Lipinski definition) is 1. The van der Waals surface area contributed by atoms with Gasteiger partial charge in [0.1, 0.15) is 6.61 Å². The van der Waals surface area contributed by atoms with Crippen molar-refractivity contribution in [2.45, 2.75) is 31.5 Å². The second-order valence-corrected chi connectivity index (χ2v) is 3.81. The van der Waals surface area contributed by atoms with Crippen molar-refractivity contribution in [3.63, 3.8) is 0 Å². The molecule has 0 aliphatic carbocycles. The van der Waals surface area contributed by atoms with E-state index in [0.717, 1.165) is 0 Å². The zero-order chi connectivity index (χ0) is 11.9. The lowest BCUT2D eigenvalue weighted by Crippen LogP contribution is -2.38. The fourth-order valence-electron chi connectivity index (χ4n) is 0.953. The highest BCUT2D eigenvalue weighted by Crippen LogP contribution is 2.16. The highest BCUT2D eigenvalue weighted by Gasteiger charge is 2.27. The van der Waals surface area contributed by atoms with Gasteiger partial charge in [-0.15, -0.1) is 0 Å². The maximum Gasteiger partial charge on any atom is 0.411 e. The summed E-state index contributed by atoms with van der Waals surface area (Å²) >= 11 is 0. The van der Waals surface area contributed by atoms with Crippen molar-refractivity contribution in [2.75, 3.05) is 26.9 Å². The van der Waals surface area contributed by atoms with Crippen molar-refractivity contribution in [2.24, 2.45) is 5.73 Å². The van der Waals surface area contributed by atoms with Crippen LogP contribution in [-0.2, 0) is 9.47 Å². The molecular formula is C9H18F3NO2. The number of nitrogens with two attached hydrogens (primary N) is 1. The van der Waals surface area contributed by atoms with Crippen LogP contribution < -0.4 is 5.73 Å². The minimum Gasteiger partial charge on any atom is -0.385 e. The highest BCUT2D eigenvalue weighted by atomic mass is 19.4. The van der Waals surface area contributed by atoms with Gasteiger partial charge in [-0.3, -0.25) is 0 Å². The van der Waals surface area contributed by atoms with Gasteiger partial charge in [0.15, 0.2) is 0 Å². The molecule has 3 nitrogen and oxygen atoms in total. The van der Waals surface area contributed by atoms with Gasteiger partial charge in [0.25, 0.3) is 0 Å². The predicted molar refractivity (Wildman–Crippen MR) is 50.6 cm³/mol. The van der Waals surface area contributed by atoms with Crippen LogP contribution in [0.15, 0.2) is 0 Å². The van der Waals surface area contributed by atoms with Crippen LogP contribution in [0.1, 0.15) is 19.8 Å². The van der Waals surface area contributed by atoms with Crippen molar-refractivity contribution in [3.8, 4) is 0 Å². The number of methoxy groups -OCH3 is 1. The minimum atomic E-state index is -4.27. The first-order chi connectivity index (χ1) is 6.77. The summed E-state index contributed by atoms with van der Waals surface area (Å²) in [6, 6.07) is 0. The summed E-state index contributed by atoms with van der Waals surface area (Å²) in [6.07, 6.45) is -3.29. The Kier molecular flexibility index (Phi) is 6.16. The van der Waals surface area contributed by atoms with Gasteiger partial charge in [-0.25, -0.2) is 0 Å². The van der Waals surface area contributed by atoms with Crippen LogP contribution in [0.5, 0.6) is 0 Å². The Labute approximate surface area is 87.7 Å². The first-order valence-corrected chi connectivity index (χ1v) is 4.69. The van der Waals surface area contributed by atoms with Gasteiger partial charge < -0.3 is 15.2 Å². The van der Waals surface area contributed by atoms with Crippen molar-refractivity contribution in [1.29, 1.82) is 0 Å². The quantitative estimate of drug-likeness (QED) is 0.676. The molecule has 0 rings (SSSR count). The zero-order valence-corrected chi connectivity index (χ0v) is 9.06. The first-order valence-electron chi connectivity index (χ1n) is 4.69. The summed E-state index contributed by atoms with van der Waals surface area (Å²) < 4.78 is 44.4. The van der Waals surface area contributed by atoms with E-state index in [1.165, 1.54) is 0 Å². The van der Waals surface area contributed by atoms with Gasteiger partial charge in [0, 0.05) is 25.9 Å². The van der Waals surface area contributed by atoms with E-state index in [1.54, 1.807) is 14.0 Å². The normalized spacial score (nSPS) is 16.4. The van der Waals surface area contributed by atoms with Crippen molar-refractivity contribution < 1.29 is 22.6 Å². The molecule has 0 radical (unpaired) electrons. The summed E-state index contributed by atoms with van der Waals surface area (Å²) in [4.78, 5) is 0. The minimum absolute atomic E-state index is 0.0101. The second-order valence-electron chi connectivity index (χ2n) is 3.81. The number of hydrogen-bond acceptors (Lipinski definition) is 3. The molecule has 0 fully saturated rings. The van der Waals surface area contributed by atoms with Crippen LogP contribution in [0.25, 0.3) is 0 Å². The molecule has 0 amide bonds. The Morgan fingerprint density at radius 2 is 1.67 bits per heavy atom. The Balaban J connectivity index is 3.57. The van der Waals surface area contributed by atoms with E-state index in [0.29, 0.717) is 19.4 Å². The summed E-state index contributed by atoms with van der Waals surface area (Å²) in [7, 11) is 1.55. The van der Waals surface area contributed by atoms with Crippen LogP contribution >= 0.6 is 0 Å². The van der Waals surface area contributed by atoms with Gasteiger partial charge in [-0.1, -0.05) is 0 Å². The summed E-state index contributed by atoms with van der Waals surface area (Å²) in [6.45, 7) is 1.05. The van der Waals surface area contributed by atoms with Gasteiger partial charge >= 0.3 is 6.18 Å². The van der Waals surface area contributed by atoms with Gasteiger partial charge in [-0.2, -0.15) is 13.2 Å². The maximum atomic E-state index is 11.7. The summed E-state index contributed by atoms with van der Waals surface area (Å²) in [5.41, 5.74) is 5.27. The van der Waals surface area contributed by atoms with Crippen molar-refractivity contribution in [3.05, 3.63) is 0 Å². The number of ether oxygens (including phenoxy) is 2. The molecule has 6 heteroatoms. The number of alkyl halides is 3. The molecule has 0 aromatic heterocycles. The highest BCUT2D eigenvalue weighted by molar-refractivity contribution is 4.77. The molecule has 1 unspecified atom stereocenters. The Morgan fingerprint density at radius 3 is 2.13 bits per heavy atom. The van der Waals surface area contributed by atoms with Crippen LogP contribution in [0, 0.1) is 0 Å². The maximum absolute atomic E-state index is 11.7. The van der Waals surface area contributed by atoms with Gasteiger partial charge in [0.2, 0.25) is 0 Å². The van der Waals surface area contributed by atoms with E-state index >= 15 is 0 Å². The lowest BCUT2D eigenvalue weighted by molar-refractivity contribution is -0.174. The molecule has 2 N–H and O–H groups in total. The Bertz CT molecular complexity index is 171. The molecule has 0 aromatic rings. The average Bonchev–Trinajstić information content (AvgIpc) is 2.08. The van der Waals surface area contributed by atoms with E-state index in [-0.39, 0.29) is 6.61 Å². The molecular weight excluding hydrogens is 211 g/mol. The molecule has 0 heterocycles. The summed E-state index contributed by atoms with van der Waals surface area (Å²) in [5, 5.41) is 0. The van der Waals surface area contributed by atoms with Crippen LogP contribution in [-0.4, -0.2) is 38.6 Å². The molecule has 92 valence electrons. The van der Waals surface area contributed by atoms with E-state index in [1.807, 2.05) is 0 Å². The van der Waals surface area contributed by atoms with E-state index < -0.39 is 18.3 Å². The van der Waals surface area contributed by atoms with E-state index in [4.69, 9.17) is 10.5 Å². The Morgan fingerprint density at radius 1 is 1.13 bits per heavy atom. The molecule has 0 bridgehead atoms. The third kappa shape index (κ3) is 9.96. The first kappa shape index (κ1) is 14.7. The second kappa shape index (κ2) is 6.30. The number of halogens is 3. The number of rotatable bonds is 7. The third-order valence-electron chi connectivity index (χ3n) is 1.96. The van der Waals surface area contributed by atoms with E-state index in [9.17, 15) is 13.2 Å². The predicted octanol–water partition coefficient (Wildman–Crippen LogP) is 1.71. The molecule has 0 saturated carbocycles. The molecule has 0 aliphatic heterocycles. The lowest BCUT2D eigenvalue weighted by Gasteiger charge is -2.24. The molecule has 0 aromatic carbocycles. The van der Waals surface area contributed by atoms with E-state index in [2.05, 4.69) is 4.74 Å². The standard InChI is InChI=1S/C9H18F3NO2/c1-8(13,3-5-14-2)4-6-15-7-9(10,11)12/h3-7,13H2,1-2H3. The molecule has 0 saturated heterocycles. The smallest absolute Gasteiger partial charge is 0.385 e. The molecule has 1 atom stereocenters. The SMILES string of the molecule is COCCC(C)(N)CCOCC(F)(F)F. The molecule has 15 heavy (non-hydrogen) atoms. The van der Waals surface area contributed by atoms with Crippen LogP contribution in [0.3, 0.4) is 0 Å². The lowest BCUT2D eigenvalue weighted by atomic mass is 9.96. The average molecular weight is 229 g/mol. The fraction of sp³-hybridized carbons (Fsp3) is 1.00. The topological polar surface area (TPSA) is 44.5 Å². The monoisotopic (exact) mass is 229 g/mol. The fourth-order valence-corrected chi connectivity index (χ4v) is 0.953. The van der Waals surface area contributed by atoms with Gasteiger partial charge in [-0.05, 0) is 19.8 Å². The van der Waals surface area contributed by atoms with Crippen LogP contribution in [0.2, 0.25) is 0 Å². The molecule has 0 aliphatic rings. The Hall–Kier alpha value is -0.330. The summed E-state index contributed by atoms with van der Waals surface area (Å²) in [5.74, 6) is 0. The zero-order valence-electron chi connectivity index (χ0n) is 9.06. The van der Waals surface area contributed by atoms with Gasteiger partial charge in [0.05, 0.1) is 0 Å². The largest absolute Gasteiger partial charge is 0.411 e. The van der Waals surface area contributed by atoms with Crippen molar-refractivity contribution >= 4 is 0 Å². The van der Waals surface area contributed by atoms with Crippen molar-refractivity contribution in [1.82, 2.24) is 0 Å². The third-order valence-corrected chi connectivity index (χ3v) is 1.96. The van der Waals surface area contributed by atoms with Crippen LogP contribution in [0.4, 0.5) is 13.2 Å². The molecule has 0 spiro atoms.